The molecule has 1 heterocycles. The maximum atomic E-state index is 12.6. The summed E-state index contributed by atoms with van der Waals surface area (Å²) in [4.78, 5) is 15.7. The quantitative estimate of drug-likeness (QED) is 0.372. The fourth-order valence-electron chi connectivity index (χ4n) is 2.62. The number of benzene rings is 1. The van der Waals surface area contributed by atoms with Gasteiger partial charge in [-0.3, -0.25) is 9.78 Å². The minimum atomic E-state index is -5.82. The highest BCUT2D eigenvalue weighted by Gasteiger charge is 2.48. The molecule has 0 aliphatic carbocycles. The van der Waals surface area contributed by atoms with Crippen molar-refractivity contribution >= 4 is 16.1 Å². The molecule has 2 rings (SSSR count). The van der Waals surface area contributed by atoms with Crippen molar-refractivity contribution in [2.75, 3.05) is 0 Å². The summed E-state index contributed by atoms with van der Waals surface area (Å²) in [5.74, 6) is -2.37. The van der Waals surface area contributed by atoms with E-state index in [9.17, 15) is 31.5 Å². The number of hydrogen-bond donors (Lipinski definition) is 1. The highest BCUT2D eigenvalue weighted by atomic mass is 32.2. The number of halogens is 3. The molecule has 1 N–H and O–H groups in total. The zero-order valence-corrected chi connectivity index (χ0v) is 15.9. The van der Waals surface area contributed by atoms with Crippen molar-refractivity contribution in [3.8, 4) is 5.75 Å². The summed E-state index contributed by atoms with van der Waals surface area (Å²) in [7, 11) is -5.82. The van der Waals surface area contributed by atoms with Gasteiger partial charge in [-0.25, -0.2) is 0 Å². The van der Waals surface area contributed by atoms with E-state index in [1.165, 1.54) is 18.2 Å². The summed E-state index contributed by atoms with van der Waals surface area (Å²) in [5, 5.41) is 9.49. The molecule has 1 unspecified atom stereocenters. The predicted octanol–water partition coefficient (Wildman–Crippen LogP) is 3.52. The van der Waals surface area contributed by atoms with Crippen LogP contribution in [0.2, 0.25) is 0 Å². The van der Waals surface area contributed by atoms with Gasteiger partial charge in [0, 0.05) is 18.3 Å². The summed E-state index contributed by atoms with van der Waals surface area (Å²) >= 11 is 0. The lowest BCUT2D eigenvalue weighted by Crippen LogP contribution is -2.28. The fourth-order valence-corrected chi connectivity index (χ4v) is 3.12. The minimum Gasteiger partial charge on any atom is -0.481 e. The number of aliphatic carboxylic acids is 1. The second-order valence-corrected chi connectivity index (χ2v) is 7.72. The van der Waals surface area contributed by atoms with Crippen molar-refractivity contribution in [3.63, 3.8) is 0 Å². The van der Waals surface area contributed by atoms with E-state index in [1.54, 1.807) is 24.4 Å². The standard InChI is InChI=1S/C19H18F3NO5S/c1-2-5-14-10-13(7-8-17(14)28-29(26,27)19(20,21)22)11-15(18(24)25)12-16-6-3-4-9-23-16/h2-4,6-10,15H,1,5,11-12H2,(H,24,25). The molecule has 0 aliphatic heterocycles. The van der Waals surface area contributed by atoms with Gasteiger partial charge in [-0.15, -0.1) is 6.58 Å². The molecule has 0 aliphatic rings. The third-order valence-electron chi connectivity index (χ3n) is 3.99. The largest absolute Gasteiger partial charge is 0.534 e. The number of allylic oxidation sites excluding steroid dienone is 1. The van der Waals surface area contributed by atoms with Crippen molar-refractivity contribution < 1.29 is 35.7 Å². The Labute approximate surface area is 165 Å². The average molecular weight is 429 g/mol. The lowest BCUT2D eigenvalue weighted by Gasteiger charge is -2.16. The fraction of sp³-hybridized carbons (Fsp3) is 0.263. The van der Waals surface area contributed by atoms with Crippen molar-refractivity contribution in [1.82, 2.24) is 4.98 Å². The van der Waals surface area contributed by atoms with Gasteiger partial charge in [0.2, 0.25) is 0 Å². The monoisotopic (exact) mass is 429 g/mol. The van der Waals surface area contributed by atoms with Gasteiger partial charge in [0.1, 0.15) is 5.75 Å². The molecule has 29 heavy (non-hydrogen) atoms. The van der Waals surface area contributed by atoms with E-state index in [1.807, 2.05) is 0 Å². The number of carbonyl (C=O) groups is 1. The summed E-state index contributed by atoms with van der Waals surface area (Å²) in [6.07, 6.45) is 3.18. The summed E-state index contributed by atoms with van der Waals surface area (Å²) in [6, 6.07) is 8.96. The topological polar surface area (TPSA) is 93.6 Å². The molecule has 156 valence electrons. The number of nitrogens with zero attached hydrogens (tertiary/aromatic N) is 1. The molecule has 1 aromatic heterocycles. The van der Waals surface area contributed by atoms with Crippen LogP contribution in [0.3, 0.4) is 0 Å². The minimum absolute atomic E-state index is 0.0362. The third-order valence-corrected chi connectivity index (χ3v) is 4.95. The van der Waals surface area contributed by atoms with Crippen molar-refractivity contribution in [3.05, 3.63) is 72.1 Å². The molecule has 0 saturated carbocycles. The van der Waals surface area contributed by atoms with Gasteiger partial charge >= 0.3 is 21.6 Å². The van der Waals surface area contributed by atoms with Crippen LogP contribution in [0.5, 0.6) is 5.75 Å². The molecule has 0 fully saturated rings. The number of aromatic nitrogens is 1. The summed E-state index contributed by atoms with van der Waals surface area (Å²) < 4.78 is 64.5. The number of carboxylic acids is 1. The lowest BCUT2D eigenvalue weighted by molar-refractivity contribution is -0.141. The van der Waals surface area contributed by atoms with Gasteiger partial charge in [0.25, 0.3) is 0 Å². The highest BCUT2D eigenvalue weighted by molar-refractivity contribution is 7.88. The molecular weight excluding hydrogens is 411 g/mol. The Kier molecular flexibility index (Phi) is 7.02. The lowest BCUT2D eigenvalue weighted by atomic mass is 9.93. The summed E-state index contributed by atoms with van der Waals surface area (Å²) in [6.45, 7) is 3.49. The molecule has 6 nitrogen and oxygen atoms in total. The SMILES string of the molecule is C=CCc1cc(CC(Cc2ccccn2)C(=O)O)ccc1OS(=O)(=O)C(F)(F)F. The second-order valence-electron chi connectivity index (χ2n) is 6.18. The zero-order chi connectivity index (χ0) is 21.7. The molecule has 0 radical (unpaired) electrons. The Bertz CT molecular complexity index is 975. The van der Waals surface area contributed by atoms with Gasteiger partial charge < -0.3 is 9.29 Å². The van der Waals surface area contributed by atoms with Crippen LogP contribution in [0.25, 0.3) is 0 Å². The molecule has 0 amide bonds. The highest BCUT2D eigenvalue weighted by Crippen LogP contribution is 2.30. The van der Waals surface area contributed by atoms with E-state index >= 15 is 0 Å². The van der Waals surface area contributed by atoms with Crippen LogP contribution >= 0.6 is 0 Å². The molecular formula is C19H18F3NO5S. The third kappa shape index (κ3) is 6.05. The molecule has 0 bridgehead atoms. The zero-order valence-electron chi connectivity index (χ0n) is 15.1. The van der Waals surface area contributed by atoms with Crippen molar-refractivity contribution in [1.29, 1.82) is 0 Å². The van der Waals surface area contributed by atoms with E-state index in [4.69, 9.17) is 0 Å². The normalized spacial score (nSPS) is 12.9. The maximum Gasteiger partial charge on any atom is 0.534 e. The molecule has 2 aromatic rings. The van der Waals surface area contributed by atoms with E-state index in [0.717, 1.165) is 6.07 Å². The first-order valence-electron chi connectivity index (χ1n) is 8.39. The van der Waals surface area contributed by atoms with E-state index in [-0.39, 0.29) is 24.8 Å². The Hall–Kier alpha value is -2.88. The Morgan fingerprint density at radius 1 is 1.24 bits per heavy atom. The average Bonchev–Trinajstić information content (AvgIpc) is 2.63. The van der Waals surface area contributed by atoms with Crippen LogP contribution in [0.15, 0.2) is 55.3 Å². The first kappa shape index (κ1) is 22.4. The second kappa shape index (κ2) is 9.08. The number of hydrogen-bond acceptors (Lipinski definition) is 5. The number of alkyl halides is 3. The summed E-state index contributed by atoms with van der Waals surface area (Å²) in [5.41, 5.74) is -4.33. The van der Waals surface area contributed by atoms with Crippen LogP contribution in [-0.2, 0) is 34.2 Å². The maximum absolute atomic E-state index is 12.6. The van der Waals surface area contributed by atoms with Crippen LogP contribution in [0.1, 0.15) is 16.8 Å². The van der Waals surface area contributed by atoms with E-state index in [2.05, 4.69) is 15.7 Å². The van der Waals surface area contributed by atoms with Crippen LogP contribution < -0.4 is 4.18 Å². The van der Waals surface area contributed by atoms with Crippen LogP contribution in [0.4, 0.5) is 13.2 Å². The van der Waals surface area contributed by atoms with Crippen LogP contribution in [0, 0.1) is 5.92 Å². The van der Waals surface area contributed by atoms with E-state index < -0.39 is 33.3 Å². The number of rotatable bonds is 9. The molecule has 10 heteroatoms. The first-order chi connectivity index (χ1) is 13.5. The molecule has 1 aromatic carbocycles. The van der Waals surface area contributed by atoms with Crippen molar-refractivity contribution in [2.45, 2.75) is 24.8 Å². The van der Waals surface area contributed by atoms with Gasteiger partial charge in [0.05, 0.1) is 5.92 Å². The molecule has 0 saturated heterocycles. The van der Waals surface area contributed by atoms with Gasteiger partial charge in [-0.05, 0) is 42.2 Å². The Balaban J connectivity index is 2.28. The van der Waals surface area contributed by atoms with E-state index in [0.29, 0.717) is 11.3 Å². The molecule has 0 spiro atoms. The van der Waals surface area contributed by atoms with Crippen LogP contribution in [-0.4, -0.2) is 30.0 Å². The number of pyridine rings is 1. The predicted molar refractivity (Wildman–Crippen MR) is 98.7 cm³/mol. The molecule has 1 atom stereocenters. The smallest absolute Gasteiger partial charge is 0.481 e. The Morgan fingerprint density at radius 3 is 2.52 bits per heavy atom. The van der Waals surface area contributed by atoms with Gasteiger partial charge in [0.15, 0.2) is 0 Å². The number of carboxylic acid groups (broad SMARTS) is 1. The van der Waals surface area contributed by atoms with Gasteiger partial charge in [-0.2, -0.15) is 21.6 Å². The van der Waals surface area contributed by atoms with Gasteiger partial charge in [-0.1, -0.05) is 24.3 Å². The Morgan fingerprint density at radius 2 is 1.97 bits per heavy atom. The van der Waals surface area contributed by atoms with Crippen molar-refractivity contribution in [2.24, 2.45) is 5.92 Å². The first-order valence-corrected chi connectivity index (χ1v) is 9.80.